The molecule has 0 atom stereocenters. The maximum absolute atomic E-state index is 13.0. The highest BCUT2D eigenvalue weighted by molar-refractivity contribution is 7.95. The van der Waals surface area contributed by atoms with Crippen LogP contribution in [0.2, 0.25) is 0 Å². The SMILES string of the molecule is COc1cc(OC)c(/C=C/S(=O)(=O)Nc2cc(S(=O)(=O)O)c(-c3ccccc3OC)cc2OC)c(OC)c1. The molecule has 0 bridgehead atoms. The third kappa shape index (κ3) is 6.30. The second-order valence-electron chi connectivity index (χ2n) is 7.62. The van der Waals surface area contributed by atoms with Gasteiger partial charge in [-0.15, -0.1) is 0 Å². The Hall–Kier alpha value is -3.94. The number of anilines is 1. The molecule has 11 nitrogen and oxygen atoms in total. The van der Waals surface area contributed by atoms with E-state index in [4.69, 9.17) is 23.7 Å². The largest absolute Gasteiger partial charge is 0.496 e. The fourth-order valence-electron chi connectivity index (χ4n) is 3.64. The maximum Gasteiger partial charge on any atom is 0.295 e. The van der Waals surface area contributed by atoms with E-state index in [9.17, 15) is 21.4 Å². The number of nitrogens with one attached hydrogen (secondary N) is 1. The topological polar surface area (TPSA) is 147 Å². The van der Waals surface area contributed by atoms with Crippen molar-refractivity contribution in [2.45, 2.75) is 4.90 Å². The number of benzene rings is 3. The van der Waals surface area contributed by atoms with Crippen molar-refractivity contribution in [3.05, 3.63) is 59.5 Å². The lowest BCUT2D eigenvalue weighted by atomic mass is 10.0. The molecule has 0 aliphatic carbocycles. The zero-order chi connectivity index (χ0) is 28.1. The summed E-state index contributed by atoms with van der Waals surface area (Å²) in [5.74, 6) is 1.35. The third-order valence-corrected chi connectivity index (χ3v) is 7.29. The van der Waals surface area contributed by atoms with E-state index in [1.165, 1.54) is 47.7 Å². The van der Waals surface area contributed by atoms with Gasteiger partial charge < -0.3 is 23.7 Å². The Kier molecular flexibility index (Phi) is 8.76. The number of hydrogen-bond acceptors (Lipinski definition) is 9. The average molecular weight is 566 g/mol. The summed E-state index contributed by atoms with van der Waals surface area (Å²) in [4.78, 5) is -0.553. The van der Waals surface area contributed by atoms with E-state index in [1.807, 2.05) is 0 Å². The molecule has 0 radical (unpaired) electrons. The highest BCUT2D eigenvalue weighted by atomic mass is 32.2. The lowest BCUT2D eigenvalue weighted by molar-refractivity contribution is 0.374. The van der Waals surface area contributed by atoms with Gasteiger partial charge in [0.15, 0.2) is 0 Å². The molecule has 0 amide bonds. The van der Waals surface area contributed by atoms with Gasteiger partial charge >= 0.3 is 0 Å². The van der Waals surface area contributed by atoms with Crippen LogP contribution in [-0.4, -0.2) is 56.9 Å². The van der Waals surface area contributed by atoms with Crippen LogP contribution in [0.15, 0.2) is 58.8 Å². The van der Waals surface area contributed by atoms with E-state index >= 15 is 0 Å². The summed E-state index contributed by atoms with van der Waals surface area (Å²) in [6, 6.07) is 11.9. The first-order valence-electron chi connectivity index (χ1n) is 10.8. The van der Waals surface area contributed by atoms with Gasteiger partial charge in [0.2, 0.25) is 0 Å². The molecule has 3 rings (SSSR count). The molecule has 38 heavy (non-hydrogen) atoms. The molecule has 3 aromatic carbocycles. The van der Waals surface area contributed by atoms with Gasteiger partial charge in [0.25, 0.3) is 20.1 Å². The van der Waals surface area contributed by atoms with Gasteiger partial charge in [-0.3, -0.25) is 9.27 Å². The van der Waals surface area contributed by atoms with E-state index < -0.39 is 25.0 Å². The van der Waals surface area contributed by atoms with E-state index in [-0.39, 0.29) is 17.0 Å². The molecule has 3 aromatic rings. The second kappa shape index (κ2) is 11.6. The molecule has 0 fully saturated rings. The molecule has 0 saturated carbocycles. The van der Waals surface area contributed by atoms with Crippen molar-refractivity contribution >= 4 is 31.9 Å². The Morgan fingerprint density at radius 1 is 0.711 bits per heavy atom. The lowest BCUT2D eigenvalue weighted by Gasteiger charge is -2.17. The summed E-state index contributed by atoms with van der Waals surface area (Å²) in [6.07, 6.45) is 1.25. The number of rotatable bonds is 11. The highest BCUT2D eigenvalue weighted by Crippen LogP contribution is 2.41. The van der Waals surface area contributed by atoms with Crippen LogP contribution in [0.25, 0.3) is 17.2 Å². The van der Waals surface area contributed by atoms with E-state index in [1.54, 1.807) is 36.4 Å². The van der Waals surface area contributed by atoms with Gasteiger partial charge in [-0.25, -0.2) is 8.42 Å². The summed E-state index contributed by atoms with van der Waals surface area (Å²) in [5.41, 5.74) is 0.484. The Morgan fingerprint density at radius 2 is 1.29 bits per heavy atom. The van der Waals surface area contributed by atoms with Crippen LogP contribution in [-0.2, 0) is 20.1 Å². The number of hydrogen-bond donors (Lipinski definition) is 2. The predicted molar refractivity (Wildman–Crippen MR) is 142 cm³/mol. The van der Waals surface area contributed by atoms with Gasteiger partial charge in [0, 0.05) is 23.3 Å². The average Bonchev–Trinajstić information content (AvgIpc) is 2.90. The van der Waals surface area contributed by atoms with Gasteiger partial charge in [-0.2, -0.15) is 8.42 Å². The molecule has 204 valence electrons. The maximum atomic E-state index is 13.0. The van der Waals surface area contributed by atoms with E-state index in [0.29, 0.717) is 34.1 Å². The van der Waals surface area contributed by atoms with Gasteiger partial charge in [0.1, 0.15) is 33.6 Å². The first-order chi connectivity index (χ1) is 18.0. The summed E-state index contributed by atoms with van der Waals surface area (Å²) >= 11 is 0. The van der Waals surface area contributed by atoms with E-state index in [0.717, 1.165) is 11.5 Å². The normalized spacial score (nSPS) is 11.7. The van der Waals surface area contributed by atoms with Crippen molar-refractivity contribution in [2.24, 2.45) is 0 Å². The van der Waals surface area contributed by atoms with Crippen LogP contribution < -0.4 is 28.4 Å². The standard InChI is InChI=1S/C25H27NO10S2/c1-32-16-12-22(34-3)18(23(13-16)35-4)10-11-37(27,28)26-20-15-25(38(29,30)31)19(14-24(20)36-5)17-8-6-7-9-21(17)33-2/h6-15,26H,1-5H3,(H,29,30,31)/b11-10+. The first kappa shape index (κ1) is 28.6. The molecular weight excluding hydrogens is 538 g/mol. The highest BCUT2D eigenvalue weighted by Gasteiger charge is 2.24. The molecule has 0 spiro atoms. The van der Waals surface area contributed by atoms with Crippen molar-refractivity contribution in [1.82, 2.24) is 0 Å². The van der Waals surface area contributed by atoms with Gasteiger partial charge in [-0.05, 0) is 24.3 Å². The number of sulfonamides is 1. The molecule has 0 unspecified atom stereocenters. The number of ether oxygens (including phenoxy) is 5. The number of methoxy groups -OCH3 is 5. The summed E-state index contributed by atoms with van der Waals surface area (Å²) in [6.45, 7) is 0. The third-order valence-electron chi connectivity index (χ3n) is 5.40. The molecule has 13 heteroatoms. The zero-order valence-corrected chi connectivity index (χ0v) is 22.8. The Morgan fingerprint density at radius 3 is 1.82 bits per heavy atom. The van der Waals surface area contributed by atoms with Crippen molar-refractivity contribution in [1.29, 1.82) is 0 Å². The van der Waals surface area contributed by atoms with Crippen LogP contribution in [0.3, 0.4) is 0 Å². The summed E-state index contributed by atoms with van der Waals surface area (Å²) in [5, 5.41) is 0.848. The molecular formula is C25H27NO10S2. The minimum atomic E-state index is -4.80. The molecule has 2 N–H and O–H groups in total. The smallest absolute Gasteiger partial charge is 0.295 e. The molecule has 0 aliphatic rings. The molecule has 0 heterocycles. The minimum Gasteiger partial charge on any atom is -0.496 e. The molecule has 0 aromatic heterocycles. The van der Waals surface area contributed by atoms with Crippen LogP contribution in [0.5, 0.6) is 28.7 Å². The first-order valence-corrected chi connectivity index (χ1v) is 13.8. The van der Waals surface area contributed by atoms with Crippen LogP contribution in [0.4, 0.5) is 5.69 Å². The van der Waals surface area contributed by atoms with Crippen molar-refractivity contribution in [2.75, 3.05) is 40.3 Å². The Bertz CT molecular complexity index is 1540. The van der Waals surface area contributed by atoms with E-state index in [2.05, 4.69) is 4.72 Å². The van der Waals surface area contributed by atoms with Crippen LogP contribution in [0.1, 0.15) is 5.56 Å². The van der Waals surface area contributed by atoms with Gasteiger partial charge in [-0.1, -0.05) is 18.2 Å². The Balaban J connectivity index is 2.10. The fraction of sp³-hybridized carbons (Fsp3) is 0.200. The van der Waals surface area contributed by atoms with Gasteiger partial charge in [0.05, 0.1) is 52.2 Å². The van der Waals surface area contributed by atoms with Crippen molar-refractivity contribution < 1.29 is 45.1 Å². The number of para-hydroxylation sites is 1. The second-order valence-corrected chi connectivity index (χ2v) is 10.6. The molecule has 0 aliphatic heterocycles. The van der Waals surface area contributed by atoms with Crippen molar-refractivity contribution in [3.8, 4) is 39.9 Å². The monoisotopic (exact) mass is 565 g/mol. The van der Waals surface area contributed by atoms with Crippen LogP contribution in [0, 0.1) is 0 Å². The summed E-state index contributed by atoms with van der Waals surface area (Å²) < 4.78 is 89.3. The Labute approximate surface area is 221 Å². The lowest BCUT2D eigenvalue weighted by Crippen LogP contribution is -2.12. The summed E-state index contributed by atoms with van der Waals surface area (Å²) in [7, 11) is -2.07. The van der Waals surface area contributed by atoms with Crippen LogP contribution >= 0.6 is 0 Å². The van der Waals surface area contributed by atoms with Crippen molar-refractivity contribution in [3.63, 3.8) is 0 Å². The zero-order valence-electron chi connectivity index (χ0n) is 21.2. The predicted octanol–water partition coefficient (Wildman–Crippen LogP) is 4.06. The minimum absolute atomic E-state index is 0.00473. The molecule has 0 saturated heterocycles. The fourth-order valence-corrected chi connectivity index (χ4v) is 5.20. The quantitative estimate of drug-likeness (QED) is 0.326.